The van der Waals surface area contributed by atoms with E-state index in [9.17, 15) is 4.79 Å². The molecule has 3 rings (SSSR count). The number of hydrazone groups is 1. The maximum Gasteiger partial charge on any atom is 0.277 e. The fourth-order valence-corrected chi connectivity index (χ4v) is 4.97. The van der Waals surface area contributed by atoms with Gasteiger partial charge >= 0.3 is 0 Å². The number of rotatable bonds is 5. The molecular formula is C18H14Br3N3O2. The van der Waals surface area contributed by atoms with E-state index in [1.807, 2.05) is 54.2 Å². The van der Waals surface area contributed by atoms with Crippen molar-refractivity contribution in [2.45, 2.75) is 0 Å². The highest BCUT2D eigenvalue weighted by molar-refractivity contribution is 9.11. The smallest absolute Gasteiger partial charge is 0.277 e. The SMILES string of the molecule is Cn1cc(/C=N\NC(=O)COc2c(Br)cc(Br)cc2Br)c2ccccc21. The minimum absolute atomic E-state index is 0.147. The summed E-state index contributed by atoms with van der Waals surface area (Å²) in [5.74, 6) is 0.213. The van der Waals surface area contributed by atoms with Crippen LogP contribution in [0.4, 0.5) is 0 Å². The first-order valence-electron chi connectivity index (χ1n) is 7.59. The normalized spacial score (nSPS) is 11.2. The molecule has 1 aromatic heterocycles. The van der Waals surface area contributed by atoms with Gasteiger partial charge in [0.05, 0.1) is 15.2 Å². The third kappa shape index (κ3) is 4.36. The Morgan fingerprint density at radius 3 is 2.65 bits per heavy atom. The van der Waals surface area contributed by atoms with Crippen molar-refractivity contribution < 1.29 is 9.53 Å². The molecule has 8 heteroatoms. The second-order valence-electron chi connectivity index (χ2n) is 5.49. The molecule has 134 valence electrons. The molecule has 0 aliphatic heterocycles. The molecule has 0 aliphatic carbocycles. The minimum Gasteiger partial charge on any atom is -0.481 e. The van der Waals surface area contributed by atoms with E-state index in [4.69, 9.17) is 4.74 Å². The average Bonchev–Trinajstić information content (AvgIpc) is 2.90. The van der Waals surface area contributed by atoms with Crippen molar-refractivity contribution in [2.24, 2.45) is 12.1 Å². The van der Waals surface area contributed by atoms with Crippen LogP contribution >= 0.6 is 47.8 Å². The lowest BCUT2D eigenvalue weighted by Gasteiger charge is -2.09. The Kier molecular flexibility index (Phi) is 6.16. The predicted molar refractivity (Wildman–Crippen MR) is 114 cm³/mol. The first-order valence-corrected chi connectivity index (χ1v) is 9.97. The monoisotopic (exact) mass is 541 g/mol. The van der Waals surface area contributed by atoms with Crippen molar-refractivity contribution in [2.75, 3.05) is 6.61 Å². The molecule has 0 atom stereocenters. The van der Waals surface area contributed by atoms with Gasteiger partial charge in [-0.05, 0) is 50.1 Å². The van der Waals surface area contributed by atoms with Crippen LogP contribution in [0.3, 0.4) is 0 Å². The average molecular weight is 544 g/mol. The van der Waals surface area contributed by atoms with E-state index in [-0.39, 0.29) is 12.5 Å². The number of aryl methyl sites for hydroxylation is 1. The molecule has 1 amide bonds. The molecule has 2 aromatic carbocycles. The van der Waals surface area contributed by atoms with E-state index < -0.39 is 0 Å². The van der Waals surface area contributed by atoms with Gasteiger partial charge in [0, 0.05) is 34.2 Å². The van der Waals surface area contributed by atoms with Gasteiger partial charge in [0.25, 0.3) is 5.91 Å². The molecule has 0 aliphatic rings. The van der Waals surface area contributed by atoms with E-state index in [1.54, 1.807) is 6.21 Å². The number of carbonyl (C=O) groups is 1. The van der Waals surface area contributed by atoms with Gasteiger partial charge in [-0.3, -0.25) is 4.79 Å². The van der Waals surface area contributed by atoms with Crippen LogP contribution in [0.1, 0.15) is 5.56 Å². The van der Waals surface area contributed by atoms with E-state index in [0.717, 1.165) is 29.9 Å². The van der Waals surface area contributed by atoms with Crippen LogP contribution in [-0.4, -0.2) is 23.3 Å². The van der Waals surface area contributed by atoms with Crippen molar-refractivity contribution in [3.05, 3.63) is 61.6 Å². The van der Waals surface area contributed by atoms with Crippen LogP contribution in [0.2, 0.25) is 0 Å². The van der Waals surface area contributed by atoms with Crippen molar-refractivity contribution in [1.82, 2.24) is 9.99 Å². The third-order valence-electron chi connectivity index (χ3n) is 3.63. The standard InChI is InChI=1S/C18H14Br3N3O2/c1-24-9-11(13-4-2-3-5-16(13)24)8-22-23-17(25)10-26-18-14(20)6-12(19)7-15(18)21/h2-9H,10H2,1H3,(H,23,25)/b22-8-. The number of carbonyl (C=O) groups excluding carboxylic acids is 1. The lowest BCUT2D eigenvalue weighted by molar-refractivity contribution is -0.123. The summed E-state index contributed by atoms with van der Waals surface area (Å²) in [4.78, 5) is 12.0. The number of fused-ring (bicyclic) bond motifs is 1. The van der Waals surface area contributed by atoms with E-state index in [0.29, 0.717) is 5.75 Å². The third-order valence-corrected chi connectivity index (χ3v) is 5.27. The molecule has 0 saturated heterocycles. The van der Waals surface area contributed by atoms with Gasteiger partial charge in [-0.2, -0.15) is 5.10 Å². The van der Waals surface area contributed by atoms with Crippen LogP contribution in [0.25, 0.3) is 10.9 Å². The first-order chi connectivity index (χ1) is 12.5. The zero-order valence-corrected chi connectivity index (χ0v) is 18.4. The summed E-state index contributed by atoms with van der Waals surface area (Å²) in [6, 6.07) is 11.7. The number of para-hydroxylation sites is 1. The van der Waals surface area contributed by atoms with Crippen LogP contribution < -0.4 is 10.2 Å². The lowest BCUT2D eigenvalue weighted by atomic mass is 10.2. The molecule has 0 fully saturated rings. The molecule has 0 radical (unpaired) electrons. The Labute approximate surface area is 175 Å². The quantitative estimate of drug-likeness (QED) is 0.364. The van der Waals surface area contributed by atoms with Gasteiger partial charge in [0.15, 0.2) is 6.61 Å². The summed E-state index contributed by atoms with van der Waals surface area (Å²) in [5, 5.41) is 5.10. The summed E-state index contributed by atoms with van der Waals surface area (Å²) >= 11 is 10.2. The summed E-state index contributed by atoms with van der Waals surface area (Å²) in [7, 11) is 1.97. The molecular weight excluding hydrogens is 530 g/mol. The number of halogens is 3. The molecule has 0 saturated carbocycles. The fraction of sp³-hybridized carbons (Fsp3) is 0.111. The Bertz CT molecular complexity index is 976. The van der Waals surface area contributed by atoms with Crippen molar-refractivity contribution in [3.63, 3.8) is 0 Å². The Balaban J connectivity index is 1.61. The van der Waals surface area contributed by atoms with Crippen LogP contribution in [0.5, 0.6) is 5.75 Å². The van der Waals surface area contributed by atoms with Crippen molar-refractivity contribution >= 4 is 70.8 Å². The maximum atomic E-state index is 12.0. The lowest BCUT2D eigenvalue weighted by Crippen LogP contribution is -2.24. The first kappa shape index (κ1) is 19.1. The molecule has 0 bridgehead atoms. The van der Waals surface area contributed by atoms with Crippen molar-refractivity contribution in [1.29, 1.82) is 0 Å². The zero-order valence-electron chi connectivity index (χ0n) is 13.7. The molecule has 0 unspecified atom stereocenters. The number of hydrogen-bond acceptors (Lipinski definition) is 3. The number of amides is 1. The van der Waals surface area contributed by atoms with Gasteiger partial charge in [-0.25, -0.2) is 5.43 Å². The molecule has 3 aromatic rings. The molecule has 0 spiro atoms. The van der Waals surface area contributed by atoms with Crippen LogP contribution in [0.15, 0.2) is 61.1 Å². The fourth-order valence-electron chi connectivity index (χ4n) is 2.49. The van der Waals surface area contributed by atoms with Crippen LogP contribution in [0, 0.1) is 0 Å². The van der Waals surface area contributed by atoms with Gasteiger partial charge in [-0.15, -0.1) is 0 Å². The summed E-state index contributed by atoms with van der Waals surface area (Å²) < 4.78 is 9.95. The van der Waals surface area contributed by atoms with Gasteiger partial charge < -0.3 is 9.30 Å². The maximum absolute atomic E-state index is 12.0. The van der Waals surface area contributed by atoms with Gasteiger partial charge in [-0.1, -0.05) is 34.1 Å². The summed E-state index contributed by atoms with van der Waals surface area (Å²) in [6.07, 6.45) is 3.60. The van der Waals surface area contributed by atoms with Gasteiger partial charge in [0.2, 0.25) is 0 Å². The molecule has 1 heterocycles. The van der Waals surface area contributed by atoms with Crippen LogP contribution in [-0.2, 0) is 11.8 Å². The number of nitrogens with one attached hydrogen (secondary N) is 1. The number of ether oxygens (including phenoxy) is 1. The highest BCUT2D eigenvalue weighted by Gasteiger charge is 2.10. The number of hydrogen-bond donors (Lipinski definition) is 1. The Morgan fingerprint density at radius 2 is 1.92 bits per heavy atom. The second-order valence-corrected chi connectivity index (χ2v) is 8.12. The molecule has 1 N–H and O–H groups in total. The predicted octanol–water partition coefficient (Wildman–Crippen LogP) is 4.99. The summed E-state index contributed by atoms with van der Waals surface area (Å²) in [5.41, 5.74) is 4.52. The summed E-state index contributed by atoms with van der Waals surface area (Å²) in [6.45, 7) is -0.147. The Hall–Kier alpha value is -1.64. The molecule has 5 nitrogen and oxygen atoms in total. The highest BCUT2D eigenvalue weighted by atomic mass is 79.9. The highest BCUT2D eigenvalue weighted by Crippen LogP contribution is 2.36. The van der Waals surface area contributed by atoms with E-state index in [2.05, 4.69) is 58.3 Å². The Morgan fingerprint density at radius 1 is 1.23 bits per heavy atom. The van der Waals surface area contributed by atoms with E-state index in [1.165, 1.54) is 0 Å². The van der Waals surface area contributed by atoms with E-state index >= 15 is 0 Å². The number of benzene rings is 2. The largest absolute Gasteiger partial charge is 0.481 e. The topological polar surface area (TPSA) is 55.6 Å². The van der Waals surface area contributed by atoms with Crippen molar-refractivity contribution in [3.8, 4) is 5.75 Å². The second kappa shape index (κ2) is 8.37. The molecule has 26 heavy (non-hydrogen) atoms. The zero-order chi connectivity index (χ0) is 18.7. The number of aromatic nitrogens is 1. The van der Waals surface area contributed by atoms with Gasteiger partial charge in [0.1, 0.15) is 5.75 Å². The minimum atomic E-state index is -0.344. The number of nitrogens with zero attached hydrogens (tertiary/aromatic N) is 2.